The average molecular weight is 323 g/mol. The van der Waals surface area contributed by atoms with Crippen molar-refractivity contribution >= 4 is 6.03 Å². The topological polar surface area (TPSA) is 55.8 Å². The molecule has 2 aliphatic heterocycles. The van der Waals surface area contributed by atoms with Gasteiger partial charge in [-0.1, -0.05) is 19.1 Å². The van der Waals surface area contributed by atoms with Crippen molar-refractivity contribution in [1.29, 1.82) is 0 Å². The Labute approximate surface area is 140 Å². The van der Waals surface area contributed by atoms with Gasteiger partial charge in [0, 0.05) is 45.4 Å². The van der Waals surface area contributed by atoms with E-state index in [1.165, 1.54) is 5.57 Å². The molecule has 0 aliphatic carbocycles. The van der Waals surface area contributed by atoms with Crippen LogP contribution in [0.25, 0.3) is 0 Å². The van der Waals surface area contributed by atoms with Gasteiger partial charge in [-0.2, -0.15) is 0 Å². The maximum atomic E-state index is 12.4. The third-order valence-electron chi connectivity index (χ3n) is 5.61. The number of hydrogen-bond acceptors (Lipinski definition) is 3. The van der Waals surface area contributed by atoms with E-state index in [2.05, 4.69) is 30.6 Å². The first kappa shape index (κ1) is 18.3. The van der Waals surface area contributed by atoms with Crippen molar-refractivity contribution in [2.24, 2.45) is 5.41 Å². The molecule has 0 aromatic carbocycles. The number of aliphatic hydroxyl groups is 1. The maximum Gasteiger partial charge on any atom is 0.317 e. The van der Waals surface area contributed by atoms with E-state index in [1.54, 1.807) is 0 Å². The summed E-state index contributed by atoms with van der Waals surface area (Å²) in [4.78, 5) is 16.8. The van der Waals surface area contributed by atoms with E-state index in [0.717, 1.165) is 64.8 Å². The quantitative estimate of drug-likeness (QED) is 0.763. The first-order chi connectivity index (χ1) is 11.0. The number of carbonyl (C=O) groups is 1. The van der Waals surface area contributed by atoms with Crippen LogP contribution in [0.4, 0.5) is 4.79 Å². The normalized spacial score (nSPS) is 22.8. The molecule has 0 radical (unpaired) electrons. The summed E-state index contributed by atoms with van der Waals surface area (Å²) in [6, 6.07) is 0.366. The smallest absolute Gasteiger partial charge is 0.317 e. The molecular formula is C18H33N3O2. The van der Waals surface area contributed by atoms with E-state index in [0.29, 0.717) is 6.04 Å². The fourth-order valence-electron chi connectivity index (χ4n) is 3.69. The van der Waals surface area contributed by atoms with Crippen LogP contribution >= 0.6 is 0 Å². The second kappa shape index (κ2) is 8.15. The van der Waals surface area contributed by atoms with Gasteiger partial charge in [-0.15, -0.1) is 0 Å². The number of amides is 2. The number of aliphatic hydroxyl groups excluding tert-OH is 1. The molecule has 132 valence electrons. The van der Waals surface area contributed by atoms with Gasteiger partial charge in [0.15, 0.2) is 0 Å². The number of rotatable bonds is 5. The van der Waals surface area contributed by atoms with Crippen LogP contribution in [0.1, 0.15) is 46.0 Å². The lowest BCUT2D eigenvalue weighted by Gasteiger charge is -2.41. The number of likely N-dealkylation sites (tertiary alicyclic amines) is 2. The van der Waals surface area contributed by atoms with Gasteiger partial charge in [0.2, 0.25) is 0 Å². The Kier molecular flexibility index (Phi) is 6.48. The molecule has 5 heteroatoms. The molecular weight excluding hydrogens is 290 g/mol. The Hall–Kier alpha value is -1.07. The number of piperidine rings is 2. The fourth-order valence-corrected chi connectivity index (χ4v) is 3.69. The van der Waals surface area contributed by atoms with Crippen molar-refractivity contribution < 1.29 is 9.90 Å². The fraction of sp³-hybridized carbons (Fsp3) is 0.833. The van der Waals surface area contributed by atoms with Crippen LogP contribution in [-0.4, -0.2) is 66.3 Å². The molecule has 0 atom stereocenters. The van der Waals surface area contributed by atoms with Gasteiger partial charge in [0.25, 0.3) is 0 Å². The highest BCUT2D eigenvalue weighted by atomic mass is 16.3. The first-order valence-corrected chi connectivity index (χ1v) is 9.01. The Bertz CT molecular complexity index is 402. The molecule has 2 rings (SSSR count). The van der Waals surface area contributed by atoms with Gasteiger partial charge < -0.3 is 15.3 Å². The van der Waals surface area contributed by atoms with Crippen molar-refractivity contribution in [3.8, 4) is 0 Å². The number of nitrogens with one attached hydrogen (secondary N) is 1. The summed E-state index contributed by atoms with van der Waals surface area (Å²) in [5.74, 6) is 0. The van der Waals surface area contributed by atoms with E-state index >= 15 is 0 Å². The second-order valence-electron chi connectivity index (χ2n) is 7.46. The van der Waals surface area contributed by atoms with Gasteiger partial charge in [0.1, 0.15) is 0 Å². The Morgan fingerprint density at radius 1 is 1.26 bits per heavy atom. The Morgan fingerprint density at radius 3 is 2.35 bits per heavy atom. The number of hydrogen-bond donors (Lipinski definition) is 2. The van der Waals surface area contributed by atoms with Crippen molar-refractivity contribution in [3.05, 3.63) is 12.2 Å². The first-order valence-electron chi connectivity index (χ1n) is 9.01. The van der Waals surface area contributed by atoms with Gasteiger partial charge in [-0.05, 0) is 44.4 Å². The minimum absolute atomic E-state index is 0.0324. The van der Waals surface area contributed by atoms with E-state index < -0.39 is 0 Å². The summed E-state index contributed by atoms with van der Waals surface area (Å²) in [6.07, 6.45) is 4.83. The van der Waals surface area contributed by atoms with Crippen LogP contribution in [0.15, 0.2) is 12.2 Å². The zero-order chi connectivity index (χ0) is 16.9. The van der Waals surface area contributed by atoms with Crippen molar-refractivity contribution in [1.82, 2.24) is 15.1 Å². The van der Waals surface area contributed by atoms with Crippen LogP contribution < -0.4 is 5.32 Å². The van der Waals surface area contributed by atoms with Crippen LogP contribution in [0, 0.1) is 5.41 Å². The lowest BCUT2D eigenvalue weighted by molar-refractivity contribution is 0.0509. The van der Waals surface area contributed by atoms with Crippen LogP contribution in [-0.2, 0) is 0 Å². The van der Waals surface area contributed by atoms with E-state index in [9.17, 15) is 9.90 Å². The summed E-state index contributed by atoms with van der Waals surface area (Å²) in [6.45, 7) is 12.9. The molecule has 5 nitrogen and oxygen atoms in total. The second-order valence-corrected chi connectivity index (χ2v) is 7.46. The summed E-state index contributed by atoms with van der Waals surface area (Å²) in [5, 5.41) is 12.8. The lowest BCUT2D eigenvalue weighted by Crippen LogP contribution is -2.52. The molecule has 2 fully saturated rings. The molecule has 2 amide bonds. The van der Waals surface area contributed by atoms with Crippen LogP contribution in [0.3, 0.4) is 0 Å². The van der Waals surface area contributed by atoms with Crippen LogP contribution in [0.5, 0.6) is 0 Å². The molecule has 0 aromatic rings. The van der Waals surface area contributed by atoms with Gasteiger partial charge in [-0.25, -0.2) is 4.79 Å². The lowest BCUT2D eigenvalue weighted by atomic mass is 9.77. The molecule has 2 saturated heterocycles. The minimum atomic E-state index is 0.0324. The monoisotopic (exact) mass is 323 g/mol. The third kappa shape index (κ3) is 4.95. The highest BCUT2D eigenvalue weighted by Gasteiger charge is 2.34. The van der Waals surface area contributed by atoms with Crippen molar-refractivity contribution in [3.63, 3.8) is 0 Å². The summed E-state index contributed by atoms with van der Waals surface area (Å²) in [5.41, 5.74) is 1.23. The van der Waals surface area contributed by atoms with Crippen molar-refractivity contribution in [2.45, 2.75) is 52.0 Å². The number of nitrogens with zero attached hydrogens (tertiary/aromatic N) is 2. The average Bonchev–Trinajstić information content (AvgIpc) is 2.56. The van der Waals surface area contributed by atoms with E-state index in [-0.39, 0.29) is 18.1 Å². The maximum absolute atomic E-state index is 12.4. The standard InChI is InChI=1S/C18H33N3O2/c1-4-18(14-22)7-11-21(12-8-18)17(23)19-16-5-9-20(10-6-16)13-15(2)3/h16,22H,2,4-14H2,1,3H3,(H,19,23). The van der Waals surface area contributed by atoms with Gasteiger partial charge in [0.05, 0.1) is 0 Å². The molecule has 0 spiro atoms. The van der Waals surface area contributed by atoms with E-state index in [1.807, 2.05) is 4.90 Å². The highest BCUT2D eigenvalue weighted by Crippen LogP contribution is 2.34. The minimum Gasteiger partial charge on any atom is -0.396 e. The highest BCUT2D eigenvalue weighted by molar-refractivity contribution is 5.74. The summed E-state index contributed by atoms with van der Waals surface area (Å²) >= 11 is 0. The van der Waals surface area contributed by atoms with E-state index in [4.69, 9.17) is 0 Å². The van der Waals surface area contributed by atoms with Crippen molar-refractivity contribution in [2.75, 3.05) is 39.3 Å². The number of urea groups is 1. The molecule has 2 aliphatic rings. The molecule has 2 heterocycles. The largest absolute Gasteiger partial charge is 0.396 e. The molecule has 0 bridgehead atoms. The molecule has 23 heavy (non-hydrogen) atoms. The predicted octanol–water partition coefficient (Wildman–Crippen LogP) is 2.22. The zero-order valence-corrected chi connectivity index (χ0v) is 14.8. The predicted molar refractivity (Wildman–Crippen MR) is 93.4 cm³/mol. The third-order valence-corrected chi connectivity index (χ3v) is 5.61. The summed E-state index contributed by atoms with van der Waals surface area (Å²) < 4.78 is 0. The SMILES string of the molecule is C=C(C)CN1CCC(NC(=O)N2CCC(CC)(CO)CC2)CC1. The molecule has 2 N–H and O–H groups in total. The van der Waals surface area contributed by atoms with Gasteiger partial charge in [-0.3, -0.25) is 4.90 Å². The Morgan fingerprint density at radius 2 is 1.87 bits per heavy atom. The molecule has 0 aromatic heterocycles. The zero-order valence-electron chi connectivity index (χ0n) is 14.8. The van der Waals surface area contributed by atoms with Gasteiger partial charge >= 0.3 is 6.03 Å². The molecule has 0 saturated carbocycles. The molecule has 0 unspecified atom stereocenters. The Balaban J connectivity index is 1.73. The van der Waals surface area contributed by atoms with Crippen LogP contribution in [0.2, 0.25) is 0 Å². The number of carbonyl (C=O) groups excluding carboxylic acids is 1. The summed E-state index contributed by atoms with van der Waals surface area (Å²) in [7, 11) is 0.